The first-order valence-corrected chi connectivity index (χ1v) is 8.48. The quantitative estimate of drug-likeness (QED) is 0.876. The molecule has 2 heterocycles. The summed E-state index contributed by atoms with van der Waals surface area (Å²) in [6.45, 7) is 5.47. The fraction of sp³-hybridized carbons (Fsp3) is 0.611. The van der Waals surface area contributed by atoms with Gasteiger partial charge in [-0.3, -0.25) is 9.69 Å². The summed E-state index contributed by atoms with van der Waals surface area (Å²) in [5.41, 5.74) is 8.29. The molecule has 126 valence electrons. The molecule has 3 N–H and O–H groups in total. The number of benzene rings is 1. The van der Waals surface area contributed by atoms with Crippen LogP contribution in [0.5, 0.6) is 0 Å². The highest BCUT2D eigenvalue weighted by Crippen LogP contribution is 2.44. The molecule has 1 spiro atoms. The fourth-order valence-electron chi connectivity index (χ4n) is 4.15. The summed E-state index contributed by atoms with van der Waals surface area (Å²) in [5, 5.41) is 2.68. The minimum absolute atomic E-state index is 0.0333. The maximum atomic E-state index is 11.8. The summed E-state index contributed by atoms with van der Waals surface area (Å²) < 4.78 is 5.55. The van der Waals surface area contributed by atoms with Crippen LogP contribution in [-0.4, -0.2) is 50.7 Å². The monoisotopic (exact) mass is 317 g/mol. The van der Waals surface area contributed by atoms with E-state index in [1.165, 1.54) is 5.56 Å². The highest BCUT2D eigenvalue weighted by molar-refractivity contribution is 5.94. The van der Waals surface area contributed by atoms with E-state index >= 15 is 0 Å². The number of carbonyl (C=O) groups is 1. The van der Waals surface area contributed by atoms with Gasteiger partial charge in [-0.25, -0.2) is 0 Å². The summed E-state index contributed by atoms with van der Waals surface area (Å²) in [6.07, 6.45) is 2.23. The topological polar surface area (TPSA) is 67.6 Å². The van der Waals surface area contributed by atoms with Crippen molar-refractivity contribution in [1.29, 1.82) is 0 Å². The number of nitrogens with zero attached hydrogens (tertiary/aromatic N) is 1. The highest BCUT2D eigenvalue weighted by atomic mass is 16.5. The lowest BCUT2D eigenvalue weighted by Crippen LogP contribution is -2.39. The van der Waals surface area contributed by atoms with E-state index < -0.39 is 0 Å². The molecule has 1 unspecified atom stereocenters. The van der Waals surface area contributed by atoms with Crippen molar-refractivity contribution in [3.63, 3.8) is 0 Å². The van der Waals surface area contributed by atoms with Crippen LogP contribution in [0.3, 0.4) is 0 Å². The Morgan fingerprint density at radius 3 is 2.91 bits per heavy atom. The molecule has 2 aliphatic rings. The van der Waals surface area contributed by atoms with Crippen LogP contribution >= 0.6 is 0 Å². The Balaban J connectivity index is 1.70. The van der Waals surface area contributed by atoms with Gasteiger partial charge in [0.25, 0.3) is 5.91 Å². The van der Waals surface area contributed by atoms with Crippen LogP contribution in [-0.2, 0) is 11.3 Å². The van der Waals surface area contributed by atoms with Gasteiger partial charge in [-0.1, -0.05) is 12.1 Å². The van der Waals surface area contributed by atoms with E-state index in [-0.39, 0.29) is 5.91 Å². The lowest BCUT2D eigenvalue weighted by atomic mass is 9.72. The fourth-order valence-corrected chi connectivity index (χ4v) is 4.15. The molecule has 0 radical (unpaired) electrons. The maximum Gasteiger partial charge on any atom is 0.251 e. The molecule has 1 aromatic carbocycles. The lowest BCUT2D eigenvalue weighted by Gasteiger charge is -2.37. The Hall–Kier alpha value is -1.43. The number of likely N-dealkylation sites (tertiary alicyclic amines) is 1. The SMILES string of the molecule is CNC(=O)c1cccc(CN2CC(CN)C3(CCOCC3)C2)c1. The number of rotatable bonds is 4. The summed E-state index contributed by atoms with van der Waals surface area (Å²) in [4.78, 5) is 14.3. The average molecular weight is 317 g/mol. The molecule has 0 aromatic heterocycles. The van der Waals surface area contributed by atoms with Crippen LogP contribution in [0.15, 0.2) is 24.3 Å². The zero-order valence-corrected chi connectivity index (χ0v) is 13.9. The van der Waals surface area contributed by atoms with Gasteiger partial charge >= 0.3 is 0 Å². The third-order valence-corrected chi connectivity index (χ3v) is 5.48. The number of nitrogens with two attached hydrogens (primary N) is 1. The van der Waals surface area contributed by atoms with Crippen molar-refractivity contribution >= 4 is 5.91 Å². The van der Waals surface area contributed by atoms with Crippen LogP contribution in [0.2, 0.25) is 0 Å². The first-order valence-electron chi connectivity index (χ1n) is 8.48. The van der Waals surface area contributed by atoms with E-state index in [1.807, 2.05) is 18.2 Å². The molecule has 5 heteroatoms. The summed E-state index contributed by atoms with van der Waals surface area (Å²) in [6, 6.07) is 7.90. The van der Waals surface area contributed by atoms with Crippen molar-refractivity contribution in [1.82, 2.24) is 10.2 Å². The molecular formula is C18H27N3O2. The molecule has 0 aliphatic carbocycles. The number of amides is 1. The van der Waals surface area contributed by atoms with Crippen LogP contribution < -0.4 is 11.1 Å². The third-order valence-electron chi connectivity index (χ3n) is 5.48. The van der Waals surface area contributed by atoms with Crippen molar-refractivity contribution in [2.75, 3.05) is 39.9 Å². The molecule has 1 amide bonds. The summed E-state index contributed by atoms with van der Waals surface area (Å²) >= 11 is 0. The maximum absolute atomic E-state index is 11.8. The summed E-state index contributed by atoms with van der Waals surface area (Å²) in [5.74, 6) is 0.516. The number of nitrogens with one attached hydrogen (secondary N) is 1. The molecule has 5 nitrogen and oxygen atoms in total. The van der Waals surface area contributed by atoms with Crippen molar-refractivity contribution < 1.29 is 9.53 Å². The lowest BCUT2D eigenvalue weighted by molar-refractivity contribution is 0.00102. The second kappa shape index (κ2) is 6.99. The minimum atomic E-state index is -0.0333. The highest BCUT2D eigenvalue weighted by Gasteiger charge is 2.46. The molecule has 2 saturated heterocycles. The zero-order valence-electron chi connectivity index (χ0n) is 13.9. The second-order valence-electron chi connectivity index (χ2n) is 6.86. The smallest absolute Gasteiger partial charge is 0.251 e. The van der Waals surface area contributed by atoms with Crippen LogP contribution in [0, 0.1) is 11.3 Å². The molecule has 1 aromatic rings. The van der Waals surface area contributed by atoms with Gasteiger partial charge in [-0.15, -0.1) is 0 Å². The van der Waals surface area contributed by atoms with Gasteiger partial charge in [0.1, 0.15) is 0 Å². The molecule has 2 aliphatic heterocycles. The molecule has 3 rings (SSSR count). The Morgan fingerprint density at radius 2 is 2.22 bits per heavy atom. The van der Waals surface area contributed by atoms with E-state index in [0.717, 1.165) is 57.8 Å². The Kier molecular flexibility index (Phi) is 4.99. The average Bonchev–Trinajstić information content (AvgIpc) is 2.91. The minimum Gasteiger partial charge on any atom is -0.381 e. The van der Waals surface area contributed by atoms with E-state index in [2.05, 4.69) is 16.3 Å². The summed E-state index contributed by atoms with van der Waals surface area (Å²) in [7, 11) is 1.66. The number of hydrogen-bond donors (Lipinski definition) is 2. The zero-order chi connectivity index (χ0) is 16.3. The normalized spacial score (nSPS) is 24.0. The third kappa shape index (κ3) is 3.42. The van der Waals surface area contributed by atoms with E-state index in [9.17, 15) is 4.79 Å². The molecule has 1 atom stereocenters. The van der Waals surface area contributed by atoms with Crippen LogP contribution in [0.25, 0.3) is 0 Å². The Labute approximate surface area is 138 Å². The number of hydrogen-bond acceptors (Lipinski definition) is 4. The van der Waals surface area contributed by atoms with Gasteiger partial charge in [-0.05, 0) is 48.4 Å². The van der Waals surface area contributed by atoms with E-state index in [1.54, 1.807) is 7.05 Å². The second-order valence-corrected chi connectivity index (χ2v) is 6.86. The van der Waals surface area contributed by atoms with Crippen molar-refractivity contribution in [3.8, 4) is 0 Å². The van der Waals surface area contributed by atoms with E-state index in [0.29, 0.717) is 11.3 Å². The van der Waals surface area contributed by atoms with Crippen molar-refractivity contribution in [2.24, 2.45) is 17.1 Å². The molecule has 23 heavy (non-hydrogen) atoms. The molecule has 2 fully saturated rings. The van der Waals surface area contributed by atoms with E-state index in [4.69, 9.17) is 10.5 Å². The Morgan fingerprint density at radius 1 is 1.43 bits per heavy atom. The first kappa shape index (κ1) is 16.4. The molecule has 0 saturated carbocycles. The molecular weight excluding hydrogens is 290 g/mol. The number of carbonyl (C=O) groups excluding carboxylic acids is 1. The van der Waals surface area contributed by atoms with Gasteiger partial charge in [-0.2, -0.15) is 0 Å². The van der Waals surface area contributed by atoms with Gasteiger partial charge in [0, 0.05) is 45.5 Å². The Bertz CT molecular complexity index is 555. The van der Waals surface area contributed by atoms with Gasteiger partial charge < -0.3 is 15.8 Å². The molecule has 0 bridgehead atoms. The number of ether oxygens (including phenoxy) is 1. The predicted molar refractivity (Wildman–Crippen MR) is 90.1 cm³/mol. The van der Waals surface area contributed by atoms with Gasteiger partial charge in [0.15, 0.2) is 0 Å². The van der Waals surface area contributed by atoms with Gasteiger partial charge in [0.2, 0.25) is 0 Å². The largest absolute Gasteiger partial charge is 0.381 e. The first-order chi connectivity index (χ1) is 11.2. The standard InChI is InChI=1S/C18H27N3O2/c1-20-17(22)15-4-2-3-14(9-15)11-21-12-16(10-19)18(13-21)5-7-23-8-6-18/h2-4,9,16H,5-8,10-13,19H2,1H3,(H,20,22). The van der Waals surface area contributed by atoms with Crippen molar-refractivity contribution in [3.05, 3.63) is 35.4 Å². The predicted octanol–water partition coefficient (Wildman–Crippen LogP) is 1.23. The van der Waals surface area contributed by atoms with Crippen LogP contribution in [0.4, 0.5) is 0 Å². The van der Waals surface area contributed by atoms with Gasteiger partial charge in [0.05, 0.1) is 0 Å². The van der Waals surface area contributed by atoms with Crippen molar-refractivity contribution in [2.45, 2.75) is 19.4 Å². The van der Waals surface area contributed by atoms with Crippen LogP contribution in [0.1, 0.15) is 28.8 Å².